The molecule has 0 aromatic heterocycles. The quantitative estimate of drug-likeness (QED) is 0.779. The molecule has 0 radical (unpaired) electrons. The van der Waals surface area contributed by atoms with Gasteiger partial charge < -0.3 is 10.1 Å². The summed E-state index contributed by atoms with van der Waals surface area (Å²) in [7, 11) is 0. The van der Waals surface area contributed by atoms with E-state index in [4.69, 9.17) is 4.74 Å². The highest BCUT2D eigenvalue weighted by Gasteiger charge is 2.18. The van der Waals surface area contributed by atoms with Crippen LogP contribution in [0.15, 0.2) is 30.3 Å². The van der Waals surface area contributed by atoms with Crippen LogP contribution in [0.1, 0.15) is 44.6 Å². The van der Waals surface area contributed by atoms with E-state index in [1.165, 1.54) is 44.1 Å². The van der Waals surface area contributed by atoms with Gasteiger partial charge >= 0.3 is 0 Å². The van der Waals surface area contributed by atoms with Crippen LogP contribution in [0.4, 0.5) is 0 Å². The minimum absolute atomic E-state index is 0.665. The summed E-state index contributed by atoms with van der Waals surface area (Å²) < 4.78 is 5.47. The van der Waals surface area contributed by atoms with Crippen molar-refractivity contribution >= 4 is 0 Å². The number of benzene rings is 1. The third-order valence-corrected chi connectivity index (χ3v) is 4.27. The Balaban J connectivity index is 1.79. The Morgan fingerprint density at radius 3 is 2.65 bits per heavy atom. The molecule has 0 aliphatic carbocycles. The zero-order chi connectivity index (χ0) is 14.0. The van der Waals surface area contributed by atoms with Crippen molar-refractivity contribution in [2.24, 2.45) is 5.92 Å². The molecule has 1 unspecified atom stereocenters. The Morgan fingerprint density at radius 2 is 1.95 bits per heavy atom. The molecule has 1 atom stereocenters. The summed E-state index contributed by atoms with van der Waals surface area (Å²) in [5, 5.41) is 3.75. The number of nitrogens with one attached hydrogen (secondary N) is 1. The first-order chi connectivity index (χ1) is 9.88. The molecule has 1 aliphatic heterocycles. The van der Waals surface area contributed by atoms with E-state index in [1.54, 1.807) is 0 Å². The Morgan fingerprint density at radius 1 is 1.20 bits per heavy atom. The van der Waals surface area contributed by atoms with Crippen LogP contribution in [-0.2, 0) is 11.2 Å². The van der Waals surface area contributed by atoms with E-state index < -0.39 is 0 Å². The first-order valence-corrected chi connectivity index (χ1v) is 8.23. The molecule has 2 nitrogen and oxygen atoms in total. The van der Waals surface area contributed by atoms with Crippen molar-refractivity contribution in [2.75, 3.05) is 19.8 Å². The van der Waals surface area contributed by atoms with Gasteiger partial charge in [0.05, 0.1) is 0 Å². The summed E-state index contributed by atoms with van der Waals surface area (Å²) in [5.41, 5.74) is 1.46. The Hall–Kier alpha value is -0.860. The van der Waals surface area contributed by atoms with Crippen LogP contribution < -0.4 is 5.32 Å². The molecule has 1 N–H and O–H groups in total. The SMILES string of the molecule is CCCNC(CCc1ccccc1)CC1CCOCC1. The fourth-order valence-corrected chi connectivity index (χ4v) is 3.02. The zero-order valence-electron chi connectivity index (χ0n) is 12.8. The summed E-state index contributed by atoms with van der Waals surface area (Å²) in [6, 6.07) is 11.5. The molecule has 2 rings (SSSR count). The molecule has 1 aromatic carbocycles. The molecule has 0 saturated carbocycles. The highest BCUT2D eigenvalue weighted by atomic mass is 16.5. The molecular formula is C18H29NO. The monoisotopic (exact) mass is 275 g/mol. The largest absolute Gasteiger partial charge is 0.381 e. The zero-order valence-corrected chi connectivity index (χ0v) is 12.8. The lowest BCUT2D eigenvalue weighted by molar-refractivity contribution is 0.0602. The van der Waals surface area contributed by atoms with Gasteiger partial charge in [0, 0.05) is 19.3 Å². The Bertz CT molecular complexity index is 346. The fourth-order valence-electron chi connectivity index (χ4n) is 3.02. The second-order valence-electron chi connectivity index (χ2n) is 5.97. The third-order valence-electron chi connectivity index (χ3n) is 4.27. The van der Waals surface area contributed by atoms with Gasteiger partial charge in [0.25, 0.3) is 0 Å². The van der Waals surface area contributed by atoms with Crippen molar-refractivity contribution < 1.29 is 4.74 Å². The standard InChI is InChI=1S/C18H29NO/c1-2-12-19-18(15-17-10-13-20-14-11-17)9-8-16-6-4-3-5-7-16/h3-7,17-19H,2,8-15H2,1H3. The summed E-state index contributed by atoms with van der Waals surface area (Å²) in [6.07, 6.45) is 7.46. The van der Waals surface area contributed by atoms with Gasteiger partial charge in [-0.25, -0.2) is 0 Å². The van der Waals surface area contributed by atoms with Crippen molar-refractivity contribution in [3.63, 3.8) is 0 Å². The second-order valence-corrected chi connectivity index (χ2v) is 5.97. The number of rotatable bonds is 8. The van der Waals surface area contributed by atoms with E-state index in [0.717, 1.165) is 25.7 Å². The topological polar surface area (TPSA) is 21.3 Å². The smallest absolute Gasteiger partial charge is 0.0468 e. The predicted octanol–water partition coefficient (Wildman–Crippen LogP) is 3.80. The average molecular weight is 275 g/mol. The highest BCUT2D eigenvalue weighted by Crippen LogP contribution is 2.22. The minimum Gasteiger partial charge on any atom is -0.381 e. The van der Waals surface area contributed by atoms with Crippen molar-refractivity contribution in [3.8, 4) is 0 Å². The first kappa shape index (κ1) is 15.5. The number of aryl methyl sites for hydroxylation is 1. The van der Waals surface area contributed by atoms with Gasteiger partial charge in [-0.2, -0.15) is 0 Å². The van der Waals surface area contributed by atoms with Crippen LogP contribution in [0.25, 0.3) is 0 Å². The van der Waals surface area contributed by atoms with E-state index in [1.807, 2.05) is 0 Å². The van der Waals surface area contributed by atoms with Crippen molar-refractivity contribution in [1.29, 1.82) is 0 Å². The summed E-state index contributed by atoms with van der Waals surface area (Å²) >= 11 is 0. The molecule has 0 spiro atoms. The summed E-state index contributed by atoms with van der Waals surface area (Å²) in [6.45, 7) is 5.31. The number of hydrogen-bond donors (Lipinski definition) is 1. The van der Waals surface area contributed by atoms with Gasteiger partial charge in [0.1, 0.15) is 0 Å². The fraction of sp³-hybridized carbons (Fsp3) is 0.667. The van der Waals surface area contributed by atoms with E-state index in [2.05, 4.69) is 42.6 Å². The van der Waals surface area contributed by atoms with Crippen LogP contribution in [0.5, 0.6) is 0 Å². The molecule has 20 heavy (non-hydrogen) atoms. The maximum Gasteiger partial charge on any atom is 0.0468 e. The number of ether oxygens (including phenoxy) is 1. The molecule has 1 aromatic rings. The average Bonchev–Trinajstić information content (AvgIpc) is 2.52. The molecule has 1 fully saturated rings. The van der Waals surface area contributed by atoms with Gasteiger partial charge in [-0.15, -0.1) is 0 Å². The Labute approximate surface area is 123 Å². The molecule has 0 bridgehead atoms. The van der Waals surface area contributed by atoms with Crippen molar-refractivity contribution in [3.05, 3.63) is 35.9 Å². The van der Waals surface area contributed by atoms with Crippen LogP contribution in [-0.4, -0.2) is 25.8 Å². The molecule has 0 amide bonds. The van der Waals surface area contributed by atoms with Gasteiger partial charge in [0.15, 0.2) is 0 Å². The normalized spacial score (nSPS) is 18.1. The molecule has 112 valence electrons. The number of hydrogen-bond acceptors (Lipinski definition) is 2. The van der Waals surface area contributed by atoms with E-state index in [-0.39, 0.29) is 0 Å². The van der Waals surface area contributed by atoms with E-state index in [0.29, 0.717) is 6.04 Å². The molecule has 1 aliphatic rings. The maximum absolute atomic E-state index is 5.47. The Kier molecular flexibility index (Phi) is 7.10. The summed E-state index contributed by atoms with van der Waals surface area (Å²) in [5.74, 6) is 0.855. The second kappa shape index (κ2) is 9.15. The van der Waals surface area contributed by atoms with Crippen LogP contribution in [0.3, 0.4) is 0 Å². The van der Waals surface area contributed by atoms with E-state index >= 15 is 0 Å². The van der Waals surface area contributed by atoms with Crippen LogP contribution >= 0.6 is 0 Å². The molecule has 2 heteroatoms. The minimum atomic E-state index is 0.665. The lowest BCUT2D eigenvalue weighted by atomic mass is 9.90. The first-order valence-electron chi connectivity index (χ1n) is 8.23. The van der Waals surface area contributed by atoms with Crippen molar-refractivity contribution in [1.82, 2.24) is 5.32 Å². The molecule has 1 heterocycles. The lowest BCUT2D eigenvalue weighted by Crippen LogP contribution is -2.33. The van der Waals surface area contributed by atoms with Crippen LogP contribution in [0.2, 0.25) is 0 Å². The van der Waals surface area contributed by atoms with Crippen LogP contribution in [0, 0.1) is 5.92 Å². The maximum atomic E-state index is 5.47. The molecule has 1 saturated heterocycles. The van der Waals surface area contributed by atoms with Gasteiger partial charge in [-0.05, 0) is 56.6 Å². The van der Waals surface area contributed by atoms with E-state index in [9.17, 15) is 0 Å². The van der Waals surface area contributed by atoms with Gasteiger partial charge in [0.2, 0.25) is 0 Å². The summed E-state index contributed by atoms with van der Waals surface area (Å²) in [4.78, 5) is 0. The van der Waals surface area contributed by atoms with Gasteiger partial charge in [-0.3, -0.25) is 0 Å². The highest BCUT2D eigenvalue weighted by molar-refractivity contribution is 5.14. The van der Waals surface area contributed by atoms with Gasteiger partial charge in [-0.1, -0.05) is 37.3 Å². The lowest BCUT2D eigenvalue weighted by Gasteiger charge is -2.27. The predicted molar refractivity (Wildman–Crippen MR) is 85.0 cm³/mol. The third kappa shape index (κ3) is 5.64. The molecular weight excluding hydrogens is 246 g/mol. The van der Waals surface area contributed by atoms with Crippen molar-refractivity contribution in [2.45, 2.75) is 51.5 Å².